The molecule has 0 heterocycles. The highest BCUT2D eigenvalue weighted by Gasteiger charge is 2.21. The molecule has 2 unspecified atom stereocenters. The van der Waals surface area contributed by atoms with Crippen LogP contribution in [0.4, 0.5) is 8.78 Å². The number of benzene rings is 2. The minimum Gasteiger partial charge on any atom is -0.490 e. The number of hydrogen-bond donors (Lipinski definition) is 0. The van der Waals surface area contributed by atoms with E-state index in [0.29, 0.717) is 42.8 Å². The quantitative estimate of drug-likeness (QED) is 0.327. The lowest BCUT2D eigenvalue weighted by Gasteiger charge is -2.27. The first-order chi connectivity index (χ1) is 17.0. The SMILES string of the molecule is CCCOc1ccc(CCc2ccc(C3CCC(/C=C/C4C=CC(C)CC4)CC3)cc2)c(F)c1F. The molecule has 2 aliphatic carbocycles. The monoisotopic (exact) mass is 478 g/mol. The lowest BCUT2D eigenvalue weighted by Crippen LogP contribution is -2.12. The van der Waals surface area contributed by atoms with Gasteiger partial charge >= 0.3 is 0 Å². The Morgan fingerprint density at radius 1 is 0.829 bits per heavy atom. The van der Waals surface area contributed by atoms with Gasteiger partial charge in [-0.1, -0.05) is 68.5 Å². The first kappa shape index (κ1) is 25.7. The van der Waals surface area contributed by atoms with Crippen LogP contribution < -0.4 is 4.74 Å². The van der Waals surface area contributed by atoms with Crippen LogP contribution in [0.15, 0.2) is 60.7 Å². The van der Waals surface area contributed by atoms with E-state index in [9.17, 15) is 8.78 Å². The van der Waals surface area contributed by atoms with Gasteiger partial charge in [-0.25, -0.2) is 4.39 Å². The molecule has 1 fully saturated rings. The number of ether oxygens (including phenoxy) is 1. The Morgan fingerprint density at radius 2 is 1.60 bits per heavy atom. The summed E-state index contributed by atoms with van der Waals surface area (Å²) in [5.41, 5.74) is 2.97. The third kappa shape index (κ3) is 7.06. The van der Waals surface area contributed by atoms with Gasteiger partial charge in [0.2, 0.25) is 5.82 Å². The van der Waals surface area contributed by atoms with Crippen molar-refractivity contribution in [3.8, 4) is 5.75 Å². The highest BCUT2D eigenvalue weighted by Crippen LogP contribution is 2.37. The number of rotatable bonds is 9. The molecule has 2 atom stereocenters. The second-order valence-electron chi connectivity index (χ2n) is 10.5. The summed E-state index contributed by atoms with van der Waals surface area (Å²) >= 11 is 0. The molecular weight excluding hydrogens is 438 g/mol. The fraction of sp³-hybridized carbons (Fsp3) is 0.500. The highest BCUT2D eigenvalue weighted by atomic mass is 19.2. The average molecular weight is 479 g/mol. The average Bonchev–Trinajstić information content (AvgIpc) is 2.89. The van der Waals surface area contributed by atoms with Crippen LogP contribution in [0.25, 0.3) is 0 Å². The van der Waals surface area contributed by atoms with Crippen molar-refractivity contribution >= 4 is 0 Å². The van der Waals surface area contributed by atoms with E-state index in [1.54, 1.807) is 12.1 Å². The molecular formula is C32H40F2O. The Labute approximate surface area is 210 Å². The van der Waals surface area contributed by atoms with Crippen molar-refractivity contribution in [2.24, 2.45) is 17.8 Å². The van der Waals surface area contributed by atoms with Gasteiger partial charge in [0.05, 0.1) is 6.61 Å². The van der Waals surface area contributed by atoms with Crippen LogP contribution in [-0.2, 0) is 12.8 Å². The van der Waals surface area contributed by atoms with E-state index >= 15 is 0 Å². The maximum Gasteiger partial charge on any atom is 0.200 e. The van der Waals surface area contributed by atoms with Gasteiger partial charge in [0.1, 0.15) is 0 Å². The van der Waals surface area contributed by atoms with Crippen molar-refractivity contribution in [3.63, 3.8) is 0 Å². The van der Waals surface area contributed by atoms with Crippen molar-refractivity contribution in [2.75, 3.05) is 6.61 Å². The van der Waals surface area contributed by atoms with Crippen molar-refractivity contribution in [1.29, 1.82) is 0 Å². The molecule has 35 heavy (non-hydrogen) atoms. The summed E-state index contributed by atoms with van der Waals surface area (Å²) in [6.07, 6.45) is 19.2. The zero-order valence-electron chi connectivity index (χ0n) is 21.3. The normalized spacial score (nSPS) is 24.7. The highest BCUT2D eigenvalue weighted by molar-refractivity contribution is 5.32. The smallest absolute Gasteiger partial charge is 0.200 e. The minimum atomic E-state index is -0.874. The lowest BCUT2D eigenvalue weighted by molar-refractivity contribution is 0.294. The molecule has 0 spiro atoms. The first-order valence-electron chi connectivity index (χ1n) is 13.6. The van der Waals surface area contributed by atoms with Crippen LogP contribution in [0.1, 0.15) is 81.4 Å². The molecule has 0 bridgehead atoms. The molecule has 2 aromatic carbocycles. The van der Waals surface area contributed by atoms with Gasteiger partial charge in [0.25, 0.3) is 0 Å². The van der Waals surface area contributed by atoms with E-state index in [4.69, 9.17) is 4.74 Å². The second kappa shape index (κ2) is 12.5. The maximum absolute atomic E-state index is 14.4. The summed E-state index contributed by atoms with van der Waals surface area (Å²) in [6, 6.07) is 12.0. The molecule has 0 N–H and O–H groups in total. The van der Waals surface area contributed by atoms with E-state index in [-0.39, 0.29) is 5.75 Å². The number of halogens is 2. The summed E-state index contributed by atoms with van der Waals surface area (Å²) in [6.45, 7) is 4.62. The fourth-order valence-corrected chi connectivity index (χ4v) is 5.41. The molecule has 3 heteroatoms. The summed E-state index contributed by atoms with van der Waals surface area (Å²) < 4.78 is 34.0. The van der Waals surface area contributed by atoms with Gasteiger partial charge in [0, 0.05) is 0 Å². The summed E-state index contributed by atoms with van der Waals surface area (Å²) in [7, 11) is 0. The van der Waals surface area contributed by atoms with E-state index in [1.165, 1.54) is 44.1 Å². The largest absolute Gasteiger partial charge is 0.490 e. The second-order valence-corrected chi connectivity index (χ2v) is 10.5. The number of hydrogen-bond acceptors (Lipinski definition) is 1. The van der Waals surface area contributed by atoms with Crippen LogP contribution in [-0.4, -0.2) is 6.61 Å². The Hall–Kier alpha value is -2.42. The Bertz CT molecular complexity index is 999. The molecule has 0 amide bonds. The van der Waals surface area contributed by atoms with Crippen LogP contribution >= 0.6 is 0 Å². The minimum absolute atomic E-state index is 0.00289. The van der Waals surface area contributed by atoms with Crippen molar-refractivity contribution in [2.45, 2.75) is 77.6 Å². The molecule has 2 aliphatic rings. The molecule has 1 saturated carbocycles. The van der Waals surface area contributed by atoms with Crippen LogP contribution in [0.5, 0.6) is 5.75 Å². The molecule has 4 rings (SSSR count). The molecule has 0 aliphatic heterocycles. The molecule has 188 valence electrons. The van der Waals surface area contributed by atoms with Gasteiger partial charge in [-0.2, -0.15) is 4.39 Å². The third-order valence-electron chi connectivity index (χ3n) is 7.77. The predicted octanol–water partition coefficient (Wildman–Crippen LogP) is 8.97. The lowest BCUT2D eigenvalue weighted by atomic mass is 9.78. The van der Waals surface area contributed by atoms with Crippen molar-refractivity contribution < 1.29 is 13.5 Å². The maximum atomic E-state index is 14.4. The standard InChI is InChI=1S/C32H40F2O/c1-3-22-35-30-21-20-29(31(33)32(30)34)19-14-26-12-17-28(18-13-26)27-15-10-25(11-16-27)9-8-24-6-4-23(2)5-7-24/h4,6,8-9,12-13,17-18,20-21,23-25,27H,3,5,7,10-11,14-16,19,22H2,1-2H3/b9-8+. The van der Waals surface area contributed by atoms with Crippen LogP contribution in [0, 0.1) is 29.4 Å². The molecule has 0 radical (unpaired) electrons. The Balaban J connectivity index is 1.25. The summed E-state index contributed by atoms with van der Waals surface area (Å²) in [4.78, 5) is 0. The van der Waals surface area contributed by atoms with Gasteiger partial charge in [0.15, 0.2) is 11.6 Å². The summed E-state index contributed by atoms with van der Waals surface area (Å²) in [5.74, 6) is 1.06. The van der Waals surface area contributed by atoms with Crippen molar-refractivity contribution in [1.82, 2.24) is 0 Å². The summed E-state index contributed by atoms with van der Waals surface area (Å²) in [5, 5.41) is 0. The Morgan fingerprint density at radius 3 is 2.29 bits per heavy atom. The fourth-order valence-electron chi connectivity index (χ4n) is 5.41. The molecule has 0 aromatic heterocycles. The first-order valence-corrected chi connectivity index (χ1v) is 13.6. The number of allylic oxidation sites excluding steroid dienone is 4. The Kier molecular flexibility index (Phi) is 9.18. The molecule has 2 aromatic rings. The zero-order valence-corrected chi connectivity index (χ0v) is 21.3. The third-order valence-corrected chi connectivity index (χ3v) is 7.77. The zero-order chi connectivity index (χ0) is 24.6. The molecule has 0 saturated heterocycles. The van der Waals surface area contributed by atoms with E-state index in [1.807, 2.05) is 6.92 Å². The van der Waals surface area contributed by atoms with Crippen LogP contribution in [0.2, 0.25) is 0 Å². The van der Waals surface area contributed by atoms with E-state index in [2.05, 4.69) is 55.5 Å². The van der Waals surface area contributed by atoms with E-state index < -0.39 is 11.6 Å². The topological polar surface area (TPSA) is 9.23 Å². The van der Waals surface area contributed by atoms with Gasteiger partial charge in [-0.3, -0.25) is 0 Å². The van der Waals surface area contributed by atoms with Crippen LogP contribution in [0.3, 0.4) is 0 Å². The molecule has 1 nitrogen and oxygen atoms in total. The van der Waals surface area contributed by atoms with Gasteiger partial charge < -0.3 is 4.74 Å². The van der Waals surface area contributed by atoms with Crippen molar-refractivity contribution in [3.05, 3.63) is 89.0 Å². The van der Waals surface area contributed by atoms with E-state index in [0.717, 1.165) is 17.9 Å². The predicted molar refractivity (Wildman–Crippen MR) is 141 cm³/mol. The van der Waals surface area contributed by atoms with Gasteiger partial charge in [-0.05, 0) is 104 Å². The van der Waals surface area contributed by atoms with Gasteiger partial charge in [-0.15, -0.1) is 0 Å². The number of aryl methyl sites for hydroxylation is 2.